The molecule has 2 heterocycles. The number of nitrogens with zero attached hydrogens (tertiary/aromatic N) is 2. The average molecular weight is 318 g/mol. The van der Waals surface area contributed by atoms with Crippen LogP contribution >= 0.6 is 0 Å². The molecule has 2 aliphatic rings. The molecule has 1 fully saturated rings. The first kappa shape index (κ1) is 15.8. The number of fused-ring (bicyclic) bond motifs is 1. The molecule has 124 valence electrons. The van der Waals surface area contributed by atoms with Gasteiger partial charge < -0.3 is 13.9 Å². The Hall–Kier alpha value is -2.08. The van der Waals surface area contributed by atoms with Crippen molar-refractivity contribution in [2.24, 2.45) is 0 Å². The minimum absolute atomic E-state index is 0.0382. The monoisotopic (exact) mass is 318 g/mol. The molecule has 1 unspecified atom stereocenters. The van der Waals surface area contributed by atoms with Crippen molar-refractivity contribution >= 4 is 11.5 Å². The van der Waals surface area contributed by atoms with Crippen LogP contribution in [-0.4, -0.2) is 48.7 Å². The Labute approximate surface area is 135 Å². The largest absolute Gasteiger partial charge is 0.494 e. The van der Waals surface area contributed by atoms with E-state index in [1.807, 2.05) is 0 Å². The van der Waals surface area contributed by atoms with Crippen LogP contribution in [-0.2, 0) is 14.3 Å². The molecule has 0 amide bonds. The molecule has 6 nitrogen and oxygen atoms in total. The van der Waals surface area contributed by atoms with Gasteiger partial charge in [-0.2, -0.15) is 0 Å². The van der Waals surface area contributed by atoms with Gasteiger partial charge in [0.2, 0.25) is 5.89 Å². The smallest absolute Gasteiger partial charge is 0.333 e. The zero-order valence-corrected chi connectivity index (χ0v) is 13.6. The maximum atomic E-state index is 12.1. The predicted octanol–water partition coefficient (Wildman–Crippen LogP) is 2.39. The zero-order valence-electron chi connectivity index (χ0n) is 13.6. The summed E-state index contributed by atoms with van der Waals surface area (Å²) >= 11 is 0. The highest BCUT2D eigenvalue weighted by Gasteiger charge is 2.36. The third kappa shape index (κ3) is 3.17. The lowest BCUT2D eigenvalue weighted by molar-refractivity contribution is -0.136. The van der Waals surface area contributed by atoms with E-state index in [1.165, 1.54) is 13.4 Å². The van der Waals surface area contributed by atoms with Gasteiger partial charge >= 0.3 is 5.97 Å². The molecule has 1 aliphatic carbocycles. The highest BCUT2D eigenvalue weighted by Crippen LogP contribution is 2.36. The van der Waals surface area contributed by atoms with E-state index in [0.29, 0.717) is 24.5 Å². The third-order valence-electron chi connectivity index (χ3n) is 4.29. The summed E-state index contributed by atoms with van der Waals surface area (Å²) in [4.78, 5) is 18.6. The number of rotatable bonds is 5. The van der Waals surface area contributed by atoms with Gasteiger partial charge in [-0.05, 0) is 19.0 Å². The summed E-state index contributed by atoms with van der Waals surface area (Å²) < 4.78 is 16.3. The van der Waals surface area contributed by atoms with Crippen LogP contribution in [0.3, 0.4) is 0 Å². The quantitative estimate of drug-likeness (QED) is 0.777. The van der Waals surface area contributed by atoms with Gasteiger partial charge in [-0.15, -0.1) is 0 Å². The summed E-state index contributed by atoms with van der Waals surface area (Å²) in [6.07, 6.45) is 7.75. The summed E-state index contributed by atoms with van der Waals surface area (Å²) in [5.74, 6) is 1.01. The van der Waals surface area contributed by atoms with E-state index < -0.39 is 0 Å². The zero-order chi connectivity index (χ0) is 16.2. The van der Waals surface area contributed by atoms with Crippen LogP contribution in [0.2, 0.25) is 0 Å². The van der Waals surface area contributed by atoms with E-state index in [-0.39, 0.29) is 12.0 Å². The molecule has 1 aromatic rings. The average Bonchev–Trinajstić information content (AvgIpc) is 3.12. The summed E-state index contributed by atoms with van der Waals surface area (Å²) in [7, 11) is 1.40. The van der Waals surface area contributed by atoms with Gasteiger partial charge in [0, 0.05) is 18.5 Å². The SMILES string of the molecule is CCCCN1CCOC2=C(c3ncco3)C=C(C(=O)OC)CC21. The number of methoxy groups -OCH3 is 1. The van der Waals surface area contributed by atoms with Crippen molar-refractivity contribution in [1.29, 1.82) is 0 Å². The summed E-state index contributed by atoms with van der Waals surface area (Å²) in [6.45, 7) is 4.67. The van der Waals surface area contributed by atoms with E-state index in [0.717, 1.165) is 37.3 Å². The Morgan fingerprint density at radius 2 is 2.39 bits per heavy atom. The molecule has 1 atom stereocenters. The highest BCUT2D eigenvalue weighted by atomic mass is 16.5. The standard InChI is InChI=1S/C17H22N2O4/c1-3-4-6-19-7-9-22-15-13(16-18-5-8-23-16)10-12(11-14(15)19)17(20)21-2/h5,8,10,14H,3-4,6-7,9,11H2,1-2H3. The van der Waals surface area contributed by atoms with Crippen LogP contribution in [0, 0.1) is 0 Å². The van der Waals surface area contributed by atoms with Crippen molar-refractivity contribution in [3.8, 4) is 0 Å². The van der Waals surface area contributed by atoms with Crippen LogP contribution in [0.1, 0.15) is 32.1 Å². The molecule has 3 rings (SSSR count). The first-order valence-electron chi connectivity index (χ1n) is 8.04. The molecule has 0 spiro atoms. The van der Waals surface area contributed by atoms with Crippen LogP contribution in [0.25, 0.3) is 5.57 Å². The lowest BCUT2D eigenvalue weighted by Crippen LogP contribution is -2.46. The molecular weight excluding hydrogens is 296 g/mol. The molecule has 0 aromatic carbocycles. The van der Waals surface area contributed by atoms with Gasteiger partial charge in [-0.25, -0.2) is 9.78 Å². The van der Waals surface area contributed by atoms with Gasteiger partial charge in [0.15, 0.2) is 0 Å². The van der Waals surface area contributed by atoms with Gasteiger partial charge in [0.1, 0.15) is 18.6 Å². The molecular formula is C17H22N2O4. The molecule has 6 heteroatoms. The second-order valence-corrected chi connectivity index (χ2v) is 5.73. The second kappa shape index (κ2) is 7.00. The van der Waals surface area contributed by atoms with Crippen LogP contribution in [0.5, 0.6) is 0 Å². The lowest BCUT2D eigenvalue weighted by atomic mass is 9.91. The number of oxazole rings is 1. The molecule has 0 bridgehead atoms. The van der Waals surface area contributed by atoms with Crippen molar-refractivity contribution in [1.82, 2.24) is 9.88 Å². The van der Waals surface area contributed by atoms with Gasteiger partial charge in [0.25, 0.3) is 0 Å². The highest BCUT2D eigenvalue weighted by molar-refractivity contribution is 5.93. The van der Waals surface area contributed by atoms with Crippen LogP contribution in [0.4, 0.5) is 0 Å². The molecule has 1 aromatic heterocycles. The van der Waals surface area contributed by atoms with Crippen molar-refractivity contribution in [2.75, 3.05) is 26.8 Å². The summed E-state index contributed by atoms with van der Waals surface area (Å²) in [5, 5.41) is 0. The van der Waals surface area contributed by atoms with Crippen molar-refractivity contribution < 1.29 is 18.7 Å². The van der Waals surface area contributed by atoms with Crippen LogP contribution in [0.15, 0.2) is 34.3 Å². The molecule has 0 radical (unpaired) electrons. The van der Waals surface area contributed by atoms with Crippen molar-refractivity contribution in [3.63, 3.8) is 0 Å². The third-order valence-corrected chi connectivity index (χ3v) is 4.29. The number of hydrogen-bond donors (Lipinski definition) is 0. The Morgan fingerprint density at radius 3 is 3.09 bits per heavy atom. The summed E-state index contributed by atoms with van der Waals surface area (Å²) in [5.41, 5.74) is 1.37. The topological polar surface area (TPSA) is 64.8 Å². The maximum Gasteiger partial charge on any atom is 0.333 e. The summed E-state index contributed by atoms with van der Waals surface area (Å²) in [6, 6.07) is 0.0382. The molecule has 1 aliphatic heterocycles. The van der Waals surface area contributed by atoms with Crippen molar-refractivity contribution in [2.45, 2.75) is 32.2 Å². The van der Waals surface area contributed by atoms with Gasteiger partial charge in [-0.1, -0.05) is 13.3 Å². The maximum absolute atomic E-state index is 12.1. The van der Waals surface area contributed by atoms with E-state index in [1.54, 1.807) is 12.3 Å². The Bertz CT molecular complexity index is 619. The molecule has 1 saturated heterocycles. The first-order valence-corrected chi connectivity index (χ1v) is 8.04. The Morgan fingerprint density at radius 1 is 1.52 bits per heavy atom. The lowest BCUT2D eigenvalue weighted by Gasteiger charge is -2.40. The predicted molar refractivity (Wildman–Crippen MR) is 84.4 cm³/mol. The first-order chi connectivity index (χ1) is 11.2. The Kier molecular flexibility index (Phi) is 4.81. The van der Waals surface area contributed by atoms with E-state index >= 15 is 0 Å². The number of esters is 1. The van der Waals surface area contributed by atoms with E-state index in [4.69, 9.17) is 13.9 Å². The minimum Gasteiger partial charge on any atom is -0.494 e. The molecule has 0 N–H and O–H groups in total. The van der Waals surface area contributed by atoms with Crippen LogP contribution < -0.4 is 0 Å². The number of morpholine rings is 1. The van der Waals surface area contributed by atoms with Gasteiger partial charge in [-0.3, -0.25) is 4.90 Å². The molecule has 23 heavy (non-hydrogen) atoms. The number of allylic oxidation sites excluding steroid dienone is 2. The molecule has 0 saturated carbocycles. The normalized spacial score (nSPS) is 21.5. The van der Waals surface area contributed by atoms with E-state index in [2.05, 4.69) is 16.8 Å². The number of aromatic nitrogens is 1. The fraction of sp³-hybridized carbons (Fsp3) is 0.529. The van der Waals surface area contributed by atoms with E-state index in [9.17, 15) is 4.79 Å². The Balaban J connectivity index is 1.98. The van der Waals surface area contributed by atoms with Gasteiger partial charge in [0.05, 0.1) is 24.9 Å². The number of carbonyl (C=O) groups is 1. The fourth-order valence-electron chi connectivity index (χ4n) is 3.11. The number of hydrogen-bond acceptors (Lipinski definition) is 6. The fourth-order valence-corrected chi connectivity index (χ4v) is 3.11. The number of unbranched alkanes of at least 4 members (excludes halogenated alkanes) is 1. The second-order valence-electron chi connectivity index (χ2n) is 5.73. The minimum atomic E-state index is -0.311. The number of ether oxygens (including phenoxy) is 2. The number of carbonyl (C=O) groups excluding carboxylic acids is 1. The van der Waals surface area contributed by atoms with Crippen molar-refractivity contribution in [3.05, 3.63) is 35.8 Å².